The number of halogens is 3. The van der Waals surface area contributed by atoms with Gasteiger partial charge in [0.15, 0.2) is 0 Å². The van der Waals surface area contributed by atoms with Crippen LogP contribution < -0.4 is 5.32 Å². The van der Waals surface area contributed by atoms with Gasteiger partial charge >= 0.3 is 6.18 Å². The van der Waals surface area contributed by atoms with Gasteiger partial charge in [0, 0.05) is 11.6 Å². The zero-order valence-electron chi connectivity index (χ0n) is 13.7. The second kappa shape index (κ2) is 5.87. The summed E-state index contributed by atoms with van der Waals surface area (Å²) in [6, 6.07) is 4.59. The number of hydrogen-bond acceptors (Lipinski definition) is 5. The third kappa shape index (κ3) is 3.68. The van der Waals surface area contributed by atoms with Crippen LogP contribution in [0.2, 0.25) is 0 Å². The van der Waals surface area contributed by atoms with Gasteiger partial charge in [-0.2, -0.15) is 13.2 Å². The van der Waals surface area contributed by atoms with Gasteiger partial charge in [0.05, 0.1) is 16.9 Å². The Labute approximate surface area is 142 Å². The number of nitrogens with one attached hydrogen (secondary N) is 1. The lowest BCUT2D eigenvalue weighted by atomic mass is 9.77. The minimum absolute atomic E-state index is 0.106. The lowest BCUT2D eigenvalue weighted by Gasteiger charge is -2.41. The smallest absolute Gasteiger partial charge is 0.416 e. The Kier molecular flexibility index (Phi) is 4.10. The molecule has 8 heteroatoms. The summed E-state index contributed by atoms with van der Waals surface area (Å²) < 4.78 is 38.1. The maximum Gasteiger partial charge on any atom is 0.416 e. The summed E-state index contributed by atoms with van der Waals surface area (Å²) in [5.41, 5.74) is -0.409. The monoisotopic (exact) mass is 353 g/mol. The van der Waals surface area contributed by atoms with Crippen molar-refractivity contribution >= 4 is 5.82 Å². The van der Waals surface area contributed by atoms with Crippen molar-refractivity contribution in [2.24, 2.45) is 0 Å². The van der Waals surface area contributed by atoms with E-state index < -0.39 is 23.1 Å². The highest BCUT2D eigenvalue weighted by Gasteiger charge is 2.38. The average Bonchev–Trinajstić information content (AvgIpc) is 2.45. The van der Waals surface area contributed by atoms with Crippen molar-refractivity contribution in [1.29, 1.82) is 0 Å². The summed E-state index contributed by atoms with van der Waals surface area (Å²) in [5.74, 6) is 0.0242. The van der Waals surface area contributed by atoms with Crippen LogP contribution in [0.25, 0.3) is 11.3 Å². The van der Waals surface area contributed by atoms with Crippen LogP contribution in [0.15, 0.2) is 24.3 Å². The zero-order valence-corrected chi connectivity index (χ0v) is 13.7. The first-order valence-electron chi connectivity index (χ1n) is 7.79. The molecule has 1 fully saturated rings. The van der Waals surface area contributed by atoms with E-state index in [1.54, 1.807) is 19.9 Å². The third-order valence-corrected chi connectivity index (χ3v) is 4.29. The van der Waals surface area contributed by atoms with Crippen molar-refractivity contribution in [3.05, 3.63) is 35.4 Å². The number of benzene rings is 1. The van der Waals surface area contributed by atoms with Crippen LogP contribution in [0.3, 0.4) is 0 Å². The van der Waals surface area contributed by atoms with E-state index >= 15 is 0 Å². The van der Waals surface area contributed by atoms with Crippen LogP contribution >= 0.6 is 0 Å². The Hall–Kier alpha value is -2.35. The highest BCUT2D eigenvalue weighted by molar-refractivity contribution is 5.70. The molecule has 1 heterocycles. The number of aromatic nitrogens is 2. The topological polar surface area (TPSA) is 78.3 Å². The van der Waals surface area contributed by atoms with Gasteiger partial charge in [-0.3, -0.25) is 0 Å². The molecule has 0 saturated heterocycles. The Morgan fingerprint density at radius 3 is 2.40 bits per heavy atom. The van der Waals surface area contributed by atoms with Crippen LogP contribution in [-0.2, 0) is 6.18 Å². The third-order valence-electron chi connectivity index (χ3n) is 4.29. The van der Waals surface area contributed by atoms with Crippen molar-refractivity contribution in [3.63, 3.8) is 0 Å². The molecule has 0 aliphatic heterocycles. The summed E-state index contributed by atoms with van der Waals surface area (Å²) in [7, 11) is 0. The van der Waals surface area contributed by atoms with E-state index in [1.165, 1.54) is 6.07 Å². The molecule has 3 N–H and O–H groups in total. The number of alkyl halides is 3. The number of phenols is 1. The molecule has 1 aromatic heterocycles. The highest BCUT2D eigenvalue weighted by atomic mass is 19.4. The summed E-state index contributed by atoms with van der Waals surface area (Å²) >= 11 is 0. The van der Waals surface area contributed by atoms with Crippen molar-refractivity contribution < 1.29 is 23.4 Å². The van der Waals surface area contributed by atoms with Crippen molar-refractivity contribution in [1.82, 2.24) is 10.2 Å². The van der Waals surface area contributed by atoms with Gasteiger partial charge in [-0.05, 0) is 56.5 Å². The number of aromatic hydroxyl groups is 1. The molecule has 3 rings (SSSR count). The first-order chi connectivity index (χ1) is 11.5. The molecule has 25 heavy (non-hydrogen) atoms. The molecular weight excluding hydrogens is 335 g/mol. The van der Waals surface area contributed by atoms with Gasteiger partial charge in [-0.15, -0.1) is 10.2 Å². The summed E-state index contributed by atoms with van der Waals surface area (Å²) in [6.07, 6.45) is -3.31. The van der Waals surface area contributed by atoms with Crippen LogP contribution in [0.5, 0.6) is 5.75 Å². The van der Waals surface area contributed by atoms with Gasteiger partial charge in [-0.1, -0.05) is 0 Å². The quantitative estimate of drug-likeness (QED) is 0.787. The maximum atomic E-state index is 12.7. The predicted octanol–water partition coefficient (Wildman–Crippen LogP) is 3.50. The van der Waals surface area contributed by atoms with E-state index in [4.69, 9.17) is 0 Å². The van der Waals surface area contributed by atoms with E-state index in [1.807, 2.05) is 0 Å². The fourth-order valence-electron chi connectivity index (χ4n) is 3.04. The van der Waals surface area contributed by atoms with Crippen molar-refractivity contribution in [2.75, 3.05) is 5.32 Å². The Morgan fingerprint density at radius 2 is 1.88 bits per heavy atom. The molecule has 0 radical (unpaired) electrons. The fraction of sp³-hybridized carbons (Fsp3) is 0.412. The second-order valence-electron chi connectivity index (χ2n) is 6.74. The minimum Gasteiger partial charge on any atom is -0.507 e. The molecule has 1 aromatic carbocycles. The molecular formula is C17H18F3N3O2. The summed E-state index contributed by atoms with van der Waals surface area (Å²) in [4.78, 5) is 0. The standard InChI is InChI=1S/C17H18F3N3O2/c1-9-5-14(21-11-7-16(2,25)8-11)22-23-15(9)12-4-3-10(6-13(12)24)17(18,19)20/h3-6,11,24-25H,7-8H2,1-2H3,(H,21,22). The van der Waals surface area contributed by atoms with Gasteiger partial charge in [0.2, 0.25) is 0 Å². The molecule has 0 unspecified atom stereocenters. The minimum atomic E-state index is -4.52. The van der Waals surface area contributed by atoms with E-state index in [9.17, 15) is 23.4 Å². The fourth-order valence-corrected chi connectivity index (χ4v) is 3.04. The van der Waals surface area contributed by atoms with Crippen LogP contribution in [0.4, 0.5) is 19.0 Å². The molecule has 1 aliphatic carbocycles. The van der Waals surface area contributed by atoms with Crippen LogP contribution in [0, 0.1) is 6.92 Å². The molecule has 5 nitrogen and oxygen atoms in total. The van der Waals surface area contributed by atoms with Crippen molar-refractivity contribution in [2.45, 2.75) is 44.5 Å². The van der Waals surface area contributed by atoms with E-state index in [-0.39, 0.29) is 11.6 Å². The van der Waals surface area contributed by atoms with Gasteiger partial charge in [0.1, 0.15) is 11.6 Å². The maximum absolute atomic E-state index is 12.7. The summed E-state index contributed by atoms with van der Waals surface area (Å²) in [5, 5.41) is 30.9. The molecule has 0 atom stereocenters. The van der Waals surface area contributed by atoms with E-state index in [0.29, 0.717) is 36.0 Å². The molecule has 0 spiro atoms. The number of aryl methyl sites for hydroxylation is 1. The summed E-state index contributed by atoms with van der Waals surface area (Å²) in [6.45, 7) is 3.50. The Bertz CT molecular complexity index is 798. The largest absolute Gasteiger partial charge is 0.507 e. The molecule has 1 saturated carbocycles. The van der Waals surface area contributed by atoms with Gasteiger partial charge in [-0.25, -0.2) is 0 Å². The van der Waals surface area contributed by atoms with Crippen LogP contribution in [0.1, 0.15) is 30.9 Å². The molecule has 1 aliphatic rings. The number of hydrogen-bond donors (Lipinski definition) is 3. The van der Waals surface area contributed by atoms with Crippen LogP contribution in [-0.4, -0.2) is 32.1 Å². The SMILES string of the molecule is Cc1cc(NC2CC(C)(O)C2)nnc1-c1ccc(C(F)(F)F)cc1O. The molecule has 134 valence electrons. The highest BCUT2D eigenvalue weighted by Crippen LogP contribution is 2.37. The van der Waals surface area contributed by atoms with E-state index in [0.717, 1.165) is 6.07 Å². The molecule has 2 aromatic rings. The number of anilines is 1. The number of phenolic OH excluding ortho intramolecular Hbond substituents is 1. The normalized spacial score (nSPS) is 23.2. The number of aliphatic hydroxyl groups is 1. The predicted molar refractivity (Wildman–Crippen MR) is 86.1 cm³/mol. The van der Waals surface area contributed by atoms with E-state index in [2.05, 4.69) is 15.5 Å². The first kappa shape index (κ1) is 17.5. The first-order valence-corrected chi connectivity index (χ1v) is 7.79. The average molecular weight is 353 g/mol. The lowest BCUT2D eigenvalue weighted by molar-refractivity contribution is -0.137. The lowest BCUT2D eigenvalue weighted by Crippen LogP contribution is -2.48. The number of rotatable bonds is 3. The zero-order chi connectivity index (χ0) is 18.4. The van der Waals surface area contributed by atoms with Gasteiger partial charge < -0.3 is 15.5 Å². The Balaban J connectivity index is 1.82. The molecule has 0 amide bonds. The van der Waals surface area contributed by atoms with Gasteiger partial charge in [0.25, 0.3) is 0 Å². The Morgan fingerprint density at radius 1 is 1.20 bits per heavy atom. The second-order valence-corrected chi connectivity index (χ2v) is 6.74. The number of nitrogens with zero attached hydrogens (tertiary/aromatic N) is 2. The van der Waals surface area contributed by atoms with Crippen molar-refractivity contribution in [3.8, 4) is 17.0 Å². The molecule has 0 bridgehead atoms.